The summed E-state index contributed by atoms with van der Waals surface area (Å²) in [6, 6.07) is 7.66. The minimum absolute atomic E-state index is 0.0172. The van der Waals surface area contributed by atoms with Crippen molar-refractivity contribution < 1.29 is 14.3 Å². The van der Waals surface area contributed by atoms with Crippen LogP contribution in [0.3, 0.4) is 0 Å². The molecule has 1 saturated heterocycles. The zero-order valence-electron chi connectivity index (χ0n) is 15.4. The highest BCUT2D eigenvalue weighted by molar-refractivity contribution is 5.94. The molecule has 1 aromatic carbocycles. The number of piperidine rings is 1. The maximum absolute atomic E-state index is 12.7. The van der Waals surface area contributed by atoms with E-state index in [0.717, 1.165) is 37.1 Å². The third kappa shape index (κ3) is 4.50. The predicted molar refractivity (Wildman–Crippen MR) is 98.6 cm³/mol. The van der Waals surface area contributed by atoms with Crippen molar-refractivity contribution in [2.45, 2.75) is 39.2 Å². The average molecular weight is 355 g/mol. The SMILES string of the molecule is CCOc1ccc(C(=O)N2CCCC(Oc3ncc(CC)cn3)C2)cc1. The minimum Gasteiger partial charge on any atom is -0.494 e. The molecule has 26 heavy (non-hydrogen) atoms. The molecular weight excluding hydrogens is 330 g/mol. The second-order valence-electron chi connectivity index (χ2n) is 6.32. The molecule has 0 spiro atoms. The minimum atomic E-state index is -0.0807. The van der Waals surface area contributed by atoms with E-state index in [4.69, 9.17) is 9.47 Å². The van der Waals surface area contributed by atoms with Crippen molar-refractivity contribution in [2.75, 3.05) is 19.7 Å². The van der Waals surface area contributed by atoms with E-state index in [1.165, 1.54) is 0 Å². The molecule has 1 fully saturated rings. The number of likely N-dealkylation sites (tertiary alicyclic amines) is 1. The molecule has 0 bridgehead atoms. The summed E-state index contributed by atoms with van der Waals surface area (Å²) in [5, 5.41) is 0. The Kier molecular flexibility index (Phi) is 6.04. The van der Waals surface area contributed by atoms with E-state index < -0.39 is 0 Å². The smallest absolute Gasteiger partial charge is 0.316 e. The molecule has 1 unspecified atom stereocenters. The molecule has 1 aliphatic heterocycles. The van der Waals surface area contributed by atoms with Crippen molar-refractivity contribution in [3.05, 3.63) is 47.8 Å². The Labute approximate surface area is 154 Å². The first kappa shape index (κ1) is 18.2. The summed E-state index contributed by atoms with van der Waals surface area (Å²) in [5.74, 6) is 0.792. The van der Waals surface area contributed by atoms with Gasteiger partial charge < -0.3 is 14.4 Å². The van der Waals surface area contributed by atoms with Gasteiger partial charge in [-0.3, -0.25) is 4.79 Å². The summed E-state index contributed by atoms with van der Waals surface area (Å²) in [7, 11) is 0. The van der Waals surface area contributed by atoms with E-state index in [1.54, 1.807) is 12.4 Å². The van der Waals surface area contributed by atoms with Crippen LogP contribution in [0.5, 0.6) is 11.8 Å². The first-order valence-electron chi connectivity index (χ1n) is 9.19. The number of amides is 1. The van der Waals surface area contributed by atoms with E-state index in [0.29, 0.717) is 24.7 Å². The third-order valence-electron chi connectivity index (χ3n) is 4.44. The van der Waals surface area contributed by atoms with Crippen LogP contribution in [0.4, 0.5) is 0 Å². The Balaban J connectivity index is 1.60. The predicted octanol–water partition coefficient (Wildman–Crippen LogP) is 3.12. The fourth-order valence-electron chi connectivity index (χ4n) is 3.00. The van der Waals surface area contributed by atoms with Crippen LogP contribution in [0.1, 0.15) is 42.6 Å². The Morgan fingerprint density at radius 2 is 1.92 bits per heavy atom. The molecule has 1 atom stereocenters. The number of hydrogen-bond donors (Lipinski definition) is 0. The molecule has 0 radical (unpaired) electrons. The van der Waals surface area contributed by atoms with Crippen LogP contribution in [-0.2, 0) is 6.42 Å². The Hall–Kier alpha value is -2.63. The zero-order valence-corrected chi connectivity index (χ0v) is 15.4. The number of benzene rings is 1. The number of aryl methyl sites for hydroxylation is 1. The van der Waals surface area contributed by atoms with Crippen molar-refractivity contribution in [2.24, 2.45) is 0 Å². The Bertz CT molecular complexity index is 716. The molecule has 2 aromatic rings. The van der Waals surface area contributed by atoms with E-state index in [-0.39, 0.29) is 12.0 Å². The van der Waals surface area contributed by atoms with Crippen molar-refractivity contribution >= 4 is 5.91 Å². The number of carbonyl (C=O) groups excluding carboxylic acids is 1. The molecule has 1 amide bonds. The number of ether oxygens (including phenoxy) is 2. The van der Waals surface area contributed by atoms with Gasteiger partial charge in [0, 0.05) is 24.5 Å². The van der Waals surface area contributed by atoms with Gasteiger partial charge in [-0.05, 0) is 56.0 Å². The summed E-state index contributed by atoms with van der Waals surface area (Å²) in [6.07, 6.45) is 6.19. The van der Waals surface area contributed by atoms with Crippen LogP contribution in [0.25, 0.3) is 0 Å². The van der Waals surface area contributed by atoms with Crippen LogP contribution in [-0.4, -0.2) is 46.6 Å². The fourth-order valence-corrected chi connectivity index (χ4v) is 3.00. The Morgan fingerprint density at radius 1 is 1.19 bits per heavy atom. The number of carbonyl (C=O) groups is 1. The third-order valence-corrected chi connectivity index (χ3v) is 4.44. The second kappa shape index (κ2) is 8.65. The first-order chi connectivity index (χ1) is 12.7. The molecule has 6 nitrogen and oxygen atoms in total. The molecule has 1 aliphatic rings. The van der Waals surface area contributed by atoms with Crippen molar-refractivity contribution in [3.63, 3.8) is 0 Å². The lowest BCUT2D eigenvalue weighted by Gasteiger charge is -2.32. The first-order valence-corrected chi connectivity index (χ1v) is 9.19. The molecule has 0 N–H and O–H groups in total. The largest absolute Gasteiger partial charge is 0.494 e. The van der Waals surface area contributed by atoms with Gasteiger partial charge in [0.05, 0.1) is 13.2 Å². The normalized spacial score (nSPS) is 17.0. The monoisotopic (exact) mass is 355 g/mol. The van der Waals surface area contributed by atoms with Gasteiger partial charge in [0.25, 0.3) is 5.91 Å². The summed E-state index contributed by atoms with van der Waals surface area (Å²) in [6.45, 7) is 5.89. The summed E-state index contributed by atoms with van der Waals surface area (Å²) in [4.78, 5) is 23.1. The summed E-state index contributed by atoms with van der Waals surface area (Å²) in [5.41, 5.74) is 1.74. The molecular formula is C20H25N3O3. The lowest BCUT2D eigenvalue weighted by atomic mass is 10.1. The summed E-state index contributed by atoms with van der Waals surface area (Å²) >= 11 is 0. The van der Waals surface area contributed by atoms with E-state index in [2.05, 4.69) is 16.9 Å². The number of nitrogens with zero attached hydrogens (tertiary/aromatic N) is 3. The highest BCUT2D eigenvalue weighted by atomic mass is 16.5. The molecule has 2 heterocycles. The molecule has 0 aliphatic carbocycles. The molecule has 138 valence electrons. The van der Waals surface area contributed by atoms with E-state index >= 15 is 0 Å². The van der Waals surface area contributed by atoms with Gasteiger partial charge in [0.1, 0.15) is 11.9 Å². The van der Waals surface area contributed by atoms with Crippen molar-refractivity contribution in [3.8, 4) is 11.8 Å². The van der Waals surface area contributed by atoms with Crippen LogP contribution in [0.15, 0.2) is 36.7 Å². The van der Waals surface area contributed by atoms with Gasteiger partial charge in [0.2, 0.25) is 0 Å². The van der Waals surface area contributed by atoms with Gasteiger partial charge in [-0.2, -0.15) is 0 Å². The topological polar surface area (TPSA) is 64.5 Å². The van der Waals surface area contributed by atoms with Gasteiger partial charge in [0.15, 0.2) is 0 Å². The maximum Gasteiger partial charge on any atom is 0.316 e. The highest BCUT2D eigenvalue weighted by Gasteiger charge is 2.26. The molecule has 6 heteroatoms. The standard InChI is InChI=1S/C20H25N3O3/c1-3-15-12-21-20(22-13-15)26-18-6-5-11-23(14-18)19(24)16-7-9-17(10-8-16)25-4-2/h7-10,12-13,18H,3-6,11,14H2,1-2H3. The highest BCUT2D eigenvalue weighted by Crippen LogP contribution is 2.19. The lowest BCUT2D eigenvalue weighted by molar-refractivity contribution is 0.0515. The van der Waals surface area contributed by atoms with Gasteiger partial charge in [-0.25, -0.2) is 9.97 Å². The average Bonchev–Trinajstić information content (AvgIpc) is 2.69. The lowest BCUT2D eigenvalue weighted by Crippen LogP contribution is -2.44. The van der Waals surface area contributed by atoms with Crippen LogP contribution in [0.2, 0.25) is 0 Å². The zero-order chi connectivity index (χ0) is 18.4. The van der Waals surface area contributed by atoms with E-state index in [9.17, 15) is 4.79 Å². The number of aromatic nitrogens is 2. The van der Waals surface area contributed by atoms with Crippen molar-refractivity contribution in [1.82, 2.24) is 14.9 Å². The molecule has 1 aromatic heterocycles. The molecule has 3 rings (SSSR count). The van der Waals surface area contributed by atoms with E-state index in [1.807, 2.05) is 36.1 Å². The van der Waals surface area contributed by atoms with Gasteiger partial charge in [-0.15, -0.1) is 0 Å². The summed E-state index contributed by atoms with van der Waals surface area (Å²) < 4.78 is 11.3. The van der Waals surface area contributed by atoms with Gasteiger partial charge in [-0.1, -0.05) is 6.92 Å². The molecule has 0 saturated carbocycles. The quantitative estimate of drug-likeness (QED) is 0.796. The van der Waals surface area contributed by atoms with Gasteiger partial charge >= 0.3 is 6.01 Å². The van der Waals surface area contributed by atoms with Crippen LogP contribution < -0.4 is 9.47 Å². The maximum atomic E-state index is 12.7. The van der Waals surface area contributed by atoms with Crippen LogP contribution >= 0.6 is 0 Å². The number of rotatable bonds is 6. The van der Waals surface area contributed by atoms with Crippen molar-refractivity contribution in [1.29, 1.82) is 0 Å². The second-order valence-corrected chi connectivity index (χ2v) is 6.32. The number of hydrogen-bond acceptors (Lipinski definition) is 5. The Morgan fingerprint density at radius 3 is 2.58 bits per heavy atom. The fraction of sp³-hybridized carbons (Fsp3) is 0.450. The van der Waals surface area contributed by atoms with Crippen LogP contribution in [0, 0.1) is 0 Å².